The first-order valence-electron chi connectivity index (χ1n) is 5.98. The van der Waals surface area contributed by atoms with Crippen molar-refractivity contribution in [3.05, 3.63) is 42.2 Å². The van der Waals surface area contributed by atoms with E-state index in [0.29, 0.717) is 12.1 Å². The second-order valence-electron chi connectivity index (χ2n) is 4.15. The van der Waals surface area contributed by atoms with Crippen molar-refractivity contribution in [3.8, 4) is 5.75 Å². The first-order chi connectivity index (χ1) is 8.95. The summed E-state index contributed by atoms with van der Waals surface area (Å²) in [7, 11) is 0. The van der Waals surface area contributed by atoms with Crippen molar-refractivity contribution < 1.29 is 19.0 Å². The Labute approximate surface area is 111 Å². The third kappa shape index (κ3) is 4.37. The van der Waals surface area contributed by atoms with Gasteiger partial charge < -0.3 is 15.2 Å². The van der Waals surface area contributed by atoms with Crippen LogP contribution in [0, 0.1) is 5.82 Å². The number of halogens is 1. The molecule has 0 aliphatic carbocycles. The van der Waals surface area contributed by atoms with Gasteiger partial charge >= 0.3 is 0 Å². The van der Waals surface area contributed by atoms with E-state index in [2.05, 4.69) is 11.9 Å². The summed E-state index contributed by atoms with van der Waals surface area (Å²) in [6.45, 7) is 6.92. The van der Waals surface area contributed by atoms with Crippen molar-refractivity contribution in [2.75, 3.05) is 6.54 Å². The molecule has 1 aromatic carbocycles. The Morgan fingerprint density at radius 1 is 1.58 bits per heavy atom. The van der Waals surface area contributed by atoms with Crippen LogP contribution < -0.4 is 10.1 Å². The van der Waals surface area contributed by atoms with Crippen LogP contribution in [0.15, 0.2) is 30.9 Å². The van der Waals surface area contributed by atoms with Gasteiger partial charge in [0.1, 0.15) is 11.6 Å². The summed E-state index contributed by atoms with van der Waals surface area (Å²) in [5.41, 5.74) is 0.309. The number of hydrogen-bond acceptors (Lipinski definition) is 3. The molecule has 2 unspecified atom stereocenters. The van der Waals surface area contributed by atoms with E-state index in [1.807, 2.05) is 0 Å². The molecule has 2 N–H and O–H groups in total. The molecule has 0 aromatic heterocycles. The fourth-order valence-corrected chi connectivity index (χ4v) is 1.51. The van der Waals surface area contributed by atoms with Gasteiger partial charge in [0.05, 0.1) is 6.10 Å². The molecule has 0 aliphatic rings. The van der Waals surface area contributed by atoms with Crippen molar-refractivity contribution >= 4 is 5.91 Å². The Morgan fingerprint density at radius 2 is 2.26 bits per heavy atom. The fourth-order valence-electron chi connectivity index (χ4n) is 1.51. The zero-order valence-electron chi connectivity index (χ0n) is 11.0. The number of amides is 1. The van der Waals surface area contributed by atoms with Crippen molar-refractivity contribution in [3.63, 3.8) is 0 Å². The van der Waals surface area contributed by atoms with Crippen LogP contribution in [0.4, 0.5) is 4.39 Å². The normalized spacial score (nSPS) is 13.5. The summed E-state index contributed by atoms with van der Waals surface area (Å²) in [5.74, 6) is -0.481. The molecular formula is C14H18FNO3. The highest BCUT2D eigenvalue weighted by atomic mass is 19.1. The van der Waals surface area contributed by atoms with Crippen LogP contribution in [0.5, 0.6) is 5.75 Å². The van der Waals surface area contributed by atoms with Crippen molar-refractivity contribution in [2.24, 2.45) is 0 Å². The van der Waals surface area contributed by atoms with Crippen LogP contribution in [0.25, 0.3) is 0 Å². The van der Waals surface area contributed by atoms with Gasteiger partial charge in [-0.15, -0.1) is 6.58 Å². The predicted octanol–water partition coefficient (Wildman–Crippen LogP) is 1.95. The van der Waals surface area contributed by atoms with E-state index in [9.17, 15) is 14.3 Å². The lowest BCUT2D eigenvalue weighted by Gasteiger charge is -2.18. The Kier molecular flexibility index (Phi) is 5.51. The molecule has 0 saturated carbocycles. The molecule has 4 nitrogen and oxygen atoms in total. The summed E-state index contributed by atoms with van der Waals surface area (Å²) in [5, 5.41) is 12.2. The molecule has 19 heavy (non-hydrogen) atoms. The monoisotopic (exact) mass is 267 g/mol. The summed E-state index contributed by atoms with van der Waals surface area (Å²) < 4.78 is 18.6. The van der Waals surface area contributed by atoms with Gasteiger partial charge in [-0.25, -0.2) is 4.39 Å². The van der Waals surface area contributed by atoms with Crippen molar-refractivity contribution in [1.29, 1.82) is 0 Å². The molecule has 0 bridgehead atoms. The Balaban J connectivity index is 2.81. The quantitative estimate of drug-likeness (QED) is 0.774. The van der Waals surface area contributed by atoms with Crippen LogP contribution >= 0.6 is 0 Å². The van der Waals surface area contributed by atoms with Gasteiger partial charge in [-0.3, -0.25) is 4.79 Å². The van der Waals surface area contributed by atoms with Gasteiger partial charge in [-0.2, -0.15) is 0 Å². The summed E-state index contributed by atoms with van der Waals surface area (Å²) >= 11 is 0. The number of benzene rings is 1. The van der Waals surface area contributed by atoms with E-state index in [1.54, 1.807) is 13.0 Å². The molecule has 0 heterocycles. The number of ether oxygens (including phenoxy) is 1. The van der Waals surface area contributed by atoms with E-state index in [-0.39, 0.29) is 11.7 Å². The zero-order chi connectivity index (χ0) is 14.4. The standard InChI is InChI=1S/C14H18FNO3/c1-4-7-16-14(18)10(3)19-13-6-5-11(15)8-12(13)9(2)17/h4-6,8-10,17H,1,7H2,2-3H3,(H,16,18). The number of aliphatic hydroxyl groups excluding tert-OH is 1. The highest BCUT2D eigenvalue weighted by Gasteiger charge is 2.17. The van der Waals surface area contributed by atoms with E-state index < -0.39 is 18.0 Å². The van der Waals surface area contributed by atoms with E-state index in [4.69, 9.17) is 4.74 Å². The summed E-state index contributed by atoms with van der Waals surface area (Å²) in [6.07, 6.45) is -0.0685. The summed E-state index contributed by atoms with van der Waals surface area (Å²) in [4.78, 5) is 11.6. The second-order valence-corrected chi connectivity index (χ2v) is 4.15. The van der Waals surface area contributed by atoms with E-state index >= 15 is 0 Å². The van der Waals surface area contributed by atoms with Crippen LogP contribution in [0.3, 0.4) is 0 Å². The average Bonchev–Trinajstić information content (AvgIpc) is 2.37. The number of nitrogens with one attached hydrogen (secondary N) is 1. The second kappa shape index (κ2) is 6.89. The molecular weight excluding hydrogens is 249 g/mol. The van der Waals surface area contributed by atoms with Gasteiger partial charge in [0.15, 0.2) is 6.10 Å². The summed E-state index contributed by atoms with van der Waals surface area (Å²) in [6, 6.07) is 3.80. The number of hydrogen-bond donors (Lipinski definition) is 2. The largest absolute Gasteiger partial charge is 0.481 e. The van der Waals surface area contributed by atoms with Gasteiger partial charge in [0.25, 0.3) is 5.91 Å². The SMILES string of the molecule is C=CCNC(=O)C(C)Oc1ccc(F)cc1C(C)O. The highest BCUT2D eigenvalue weighted by molar-refractivity contribution is 5.80. The molecule has 0 radical (unpaired) electrons. The van der Waals surface area contributed by atoms with Crippen molar-refractivity contribution in [2.45, 2.75) is 26.1 Å². The molecule has 1 aromatic rings. The van der Waals surface area contributed by atoms with Crippen LogP contribution in [-0.2, 0) is 4.79 Å². The highest BCUT2D eigenvalue weighted by Crippen LogP contribution is 2.26. The molecule has 104 valence electrons. The topological polar surface area (TPSA) is 58.6 Å². The van der Waals surface area contributed by atoms with Gasteiger partial charge in [-0.1, -0.05) is 6.08 Å². The molecule has 0 spiro atoms. The molecule has 1 amide bonds. The Hall–Kier alpha value is -1.88. The first-order valence-corrected chi connectivity index (χ1v) is 5.98. The Morgan fingerprint density at radius 3 is 2.84 bits per heavy atom. The molecule has 0 fully saturated rings. The van der Waals surface area contributed by atoms with Crippen LogP contribution in [0.1, 0.15) is 25.5 Å². The lowest BCUT2D eigenvalue weighted by molar-refractivity contribution is -0.127. The predicted molar refractivity (Wildman–Crippen MR) is 70.3 cm³/mol. The molecule has 5 heteroatoms. The third-order valence-electron chi connectivity index (χ3n) is 2.52. The third-order valence-corrected chi connectivity index (χ3v) is 2.52. The number of carbonyl (C=O) groups is 1. The van der Waals surface area contributed by atoms with E-state index in [0.717, 1.165) is 0 Å². The number of aliphatic hydroxyl groups is 1. The van der Waals surface area contributed by atoms with Crippen LogP contribution in [-0.4, -0.2) is 23.7 Å². The number of carbonyl (C=O) groups excluding carboxylic acids is 1. The molecule has 1 rings (SSSR count). The minimum Gasteiger partial charge on any atom is -0.481 e. The van der Waals surface area contributed by atoms with E-state index in [1.165, 1.54) is 25.1 Å². The lowest BCUT2D eigenvalue weighted by Crippen LogP contribution is -2.36. The maximum Gasteiger partial charge on any atom is 0.261 e. The number of rotatable bonds is 6. The van der Waals surface area contributed by atoms with Crippen LogP contribution in [0.2, 0.25) is 0 Å². The minimum absolute atomic E-state index is 0.289. The molecule has 2 atom stereocenters. The molecule has 0 saturated heterocycles. The van der Waals surface area contributed by atoms with Gasteiger partial charge in [-0.05, 0) is 32.0 Å². The maximum atomic E-state index is 13.1. The Bertz CT molecular complexity index is 460. The zero-order valence-corrected chi connectivity index (χ0v) is 11.0. The van der Waals surface area contributed by atoms with Crippen molar-refractivity contribution in [1.82, 2.24) is 5.32 Å². The first kappa shape index (κ1) is 15.2. The smallest absolute Gasteiger partial charge is 0.261 e. The van der Waals surface area contributed by atoms with Gasteiger partial charge in [0.2, 0.25) is 0 Å². The van der Waals surface area contributed by atoms with Gasteiger partial charge in [0, 0.05) is 12.1 Å². The lowest BCUT2D eigenvalue weighted by atomic mass is 10.1. The average molecular weight is 267 g/mol. The fraction of sp³-hybridized carbons (Fsp3) is 0.357. The maximum absolute atomic E-state index is 13.1. The molecule has 0 aliphatic heterocycles. The minimum atomic E-state index is -0.880.